The maximum Gasteiger partial charge on any atom is 0.323 e. The Hall–Kier alpha value is -2.44. The highest BCUT2D eigenvalue weighted by Crippen LogP contribution is 2.18. The van der Waals surface area contributed by atoms with Gasteiger partial charge in [-0.2, -0.15) is 0 Å². The number of carbonyl (C=O) groups is 2. The minimum Gasteiger partial charge on any atom is -0.480 e. The molecule has 96 valence electrons. The molecule has 1 amide bonds. The summed E-state index contributed by atoms with van der Waals surface area (Å²) in [5.41, 5.74) is 0.489. The van der Waals surface area contributed by atoms with Gasteiger partial charge in [0.1, 0.15) is 6.54 Å². The maximum atomic E-state index is 11.9. The Morgan fingerprint density at radius 3 is 2.56 bits per heavy atom. The van der Waals surface area contributed by atoms with Crippen LogP contribution in [-0.2, 0) is 4.79 Å². The maximum absolute atomic E-state index is 11.9. The first-order valence-corrected chi connectivity index (χ1v) is 5.05. The van der Waals surface area contributed by atoms with Gasteiger partial charge in [0.25, 0.3) is 11.6 Å². The number of hydrogen-bond acceptors (Lipinski definition) is 4. The molecule has 1 N–H and O–H groups in total. The highest BCUT2D eigenvalue weighted by molar-refractivity contribution is 5.97. The van der Waals surface area contributed by atoms with Gasteiger partial charge in [-0.1, -0.05) is 6.07 Å². The topological polar surface area (TPSA) is 101 Å². The number of carboxylic acids is 1. The van der Waals surface area contributed by atoms with E-state index in [9.17, 15) is 19.7 Å². The molecule has 0 heterocycles. The minimum atomic E-state index is -1.14. The summed E-state index contributed by atoms with van der Waals surface area (Å²) in [6, 6.07) is 3.90. The molecule has 18 heavy (non-hydrogen) atoms. The van der Waals surface area contributed by atoms with E-state index in [0.29, 0.717) is 5.56 Å². The smallest absolute Gasteiger partial charge is 0.323 e. The van der Waals surface area contributed by atoms with Crippen molar-refractivity contribution < 1.29 is 19.6 Å². The second kappa shape index (κ2) is 5.26. The van der Waals surface area contributed by atoms with Gasteiger partial charge in [-0.05, 0) is 12.5 Å². The number of nitrogens with zero attached hydrogens (tertiary/aromatic N) is 2. The van der Waals surface area contributed by atoms with Crippen molar-refractivity contribution in [3.8, 4) is 0 Å². The molecule has 0 aromatic heterocycles. The Bertz CT molecular complexity index is 512. The number of aliphatic carboxylic acids is 1. The lowest BCUT2D eigenvalue weighted by Gasteiger charge is -2.15. The van der Waals surface area contributed by atoms with Crippen LogP contribution in [0.4, 0.5) is 5.69 Å². The third-order valence-corrected chi connectivity index (χ3v) is 2.38. The number of rotatable bonds is 4. The zero-order valence-electron chi connectivity index (χ0n) is 9.91. The number of aryl methyl sites for hydroxylation is 1. The molecule has 0 bridgehead atoms. The molecule has 0 spiro atoms. The minimum absolute atomic E-state index is 0.132. The number of likely N-dealkylation sites (N-methyl/N-ethyl adjacent to an activating group) is 1. The molecular weight excluding hydrogens is 240 g/mol. The van der Waals surface area contributed by atoms with Crippen LogP contribution in [-0.4, -0.2) is 40.4 Å². The lowest BCUT2D eigenvalue weighted by Crippen LogP contribution is -2.32. The average Bonchev–Trinajstić information content (AvgIpc) is 2.27. The molecule has 1 aromatic carbocycles. The van der Waals surface area contributed by atoms with Gasteiger partial charge in [-0.3, -0.25) is 19.7 Å². The molecule has 0 unspecified atom stereocenters. The third-order valence-electron chi connectivity index (χ3n) is 2.38. The van der Waals surface area contributed by atoms with E-state index >= 15 is 0 Å². The van der Waals surface area contributed by atoms with Crippen molar-refractivity contribution in [1.29, 1.82) is 0 Å². The molecule has 0 saturated heterocycles. The van der Waals surface area contributed by atoms with Gasteiger partial charge in [0.2, 0.25) is 0 Å². The zero-order valence-corrected chi connectivity index (χ0v) is 9.91. The normalized spacial score (nSPS) is 9.89. The van der Waals surface area contributed by atoms with Crippen LogP contribution in [0.25, 0.3) is 0 Å². The summed E-state index contributed by atoms with van der Waals surface area (Å²) >= 11 is 0. The molecule has 0 aliphatic heterocycles. The van der Waals surface area contributed by atoms with E-state index in [1.807, 2.05) is 0 Å². The zero-order chi connectivity index (χ0) is 13.9. The van der Waals surface area contributed by atoms with Crippen LogP contribution in [0.3, 0.4) is 0 Å². The van der Waals surface area contributed by atoms with Crippen molar-refractivity contribution in [3.63, 3.8) is 0 Å². The molecule has 1 aromatic rings. The van der Waals surface area contributed by atoms with Crippen LogP contribution < -0.4 is 0 Å². The van der Waals surface area contributed by atoms with E-state index in [1.54, 1.807) is 6.92 Å². The van der Waals surface area contributed by atoms with Crippen molar-refractivity contribution in [2.45, 2.75) is 6.92 Å². The standard InChI is InChI=1S/C11H12N2O5/c1-7-3-4-8(13(17)18)5-9(7)11(16)12(2)6-10(14)15/h3-5H,6H2,1-2H3,(H,14,15). The summed E-state index contributed by atoms with van der Waals surface area (Å²) < 4.78 is 0. The fourth-order valence-corrected chi connectivity index (χ4v) is 1.43. The summed E-state index contributed by atoms with van der Waals surface area (Å²) in [6.45, 7) is 1.17. The molecule has 0 aliphatic rings. The van der Waals surface area contributed by atoms with Crippen LogP contribution in [0.2, 0.25) is 0 Å². The van der Waals surface area contributed by atoms with Gasteiger partial charge in [0.15, 0.2) is 0 Å². The number of carboxylic acid groups (broad SMARTS) is 1. The van der Waals surface area contributed by atoms with Gasteiger partial charge < -0.3 is 10.0 Å². The van der Waals surface area contributed by atoms with E-state index in [0.717, 1.165) is 11.0 Å². The number of carbonyl (C=O) groups excluding carboxylic acids is 1. The van der Waals surface area contributed by atoms with Gasteiger partial charge in [0, 0.05) is 24.7 Å². The first kappa shape index (κ1) is 13.6. The lowest BCUT2D eigenvalue weighted by molar-refractivity contribution is -0.384. The van der Waals surface area contributed by atoms with Crippen molar-refractivity contribution in [1.82, 2.24) is 4.90 Å². The molecule has 0 saturated carbocycles. The van der Waals surface area contributed by atoms with E-state index in [2.05, 4.69) is 0 Å². The quantitative estimate of drug-likeness (QED) is 0.637. The Kier molecular flexibility index (Phi) is 3.98. The van der Waals surface area contributed by atoms with E-state index in [4.69, 9.17) is 5.11 Å². The molecule has 7 heteroatoms. The summed E-state index contributed by atoms with van der Waals surface area (Å²) in [6.07, 6.45) is 0. The van der Waals surface area contributed by atoms with Crippen LogP contribution in [0.5, 0.6) is 0 Å². The largest absolute Gasteiger partial charge is 0.480 e. The Balaban J connectivity index is 3.08. The number of amides is 1. The van der Waals surface area contributed by atoms with Crippen LogP contribution in [0, 0.1) is 17.0 Å². The van der Waals surface area contributed by atoms with Gasteiger partial charge in [0.05, 0.1) is 4.92 Å². The fourth-order valence-electron chi connectivity index (χ4n) is 1.43. The molecular formula is C11H12N2O5. The molecule has 0 fully saturated rings. The van der Waals surface area contributed by atoms with Crippen LogP contribution in [0.15, 0.2) is 18.2 Å². The summed E-state index contributed by atoms with van der Waals surface area (Å²) in [5, 5.41) is 19.2. The number of non-ortho nitro benzene ring substituents is 1. The second-order valence-electron chi connectivity index (χ2n) is 3.81. The summed E-state index contributed by atoms with van der Waals surface area (Å²) in [4.78, 5) is 33.4. The van der Waals surface area contributed by atoms with Crippen molar-refractivity contribution >= 4 is 17.6 Å². The van der Waals surface area contributed by atoms with Gasteiger partial charge in [-0.15, -0.1) is 0 Å². The van der Waals surface area contributed by atoms with Gasteiger partial charge in [-0.25, -0.2) is 0 Å². The van der Waals surface area contributed by atoms with E-state index in [-0.39, 0.29) is 11.3 Å². The van der Waals surface area contributed by atoms with E-state index in [1.165, 1.54) is 19.2 Å². The first-order chi connectivity index (χ1) is 8.32. The summed E-state index contributed by atoms with van der Waals surface area (Å²) in [5.74, 6) is -1.70. The SMILES string of the molecule is Cc1ccc([N+](=O)[O-])cc1C(=O)N(C)CC(=O)O. The fraction of sp³-hybridized carbons (Fsp3) is 0.273. The molecule has 1 rings (SSSR count). The lowest BCUT2D eigenvalue weighted by atomic mass is 10.1. The average molecular weight is 252 g/mol. The molecule has 0 radical (unpaired) electrons. The number of benzene rings is 1. The Morgan fingerprint density at radius 2 is 2.06 bits per heavy atom. The number of nitro groups is 1. The van der Waals surface area contributed by atoms with Gasteiger partial charge >= 0.3 is 5.97 Å². The van der Waals surface area contributed by atoms with Crippen LogP contribution in [0.1, 0.15) is 15.9 Å². The molecule has 0 atom stereocenters. The number of hydrogen-bond donors (Lipinski definition) is 1. The van der Waals surface area contributed by atoms with Crippen molar-refractivity contribution in [2.75, 3.05) is 13.6 Å². The third kappa shape index (κ3) is 3.03. The highest BCUT2D eigenvalue weighted by Gasteiger charge is 2.19. The Labute approximate surface area is 103 Å². The predicted molar refractivity (Wildman–Crippen MR) is 62.4 cm³/mol. The van der Waals surface area contributed by atoms with Crippen LogP contribution >= 0.6 is 0 Å². The van der Waals surface area contributed by atoms with Crippen molar-refractivity contribution in [3.05, 3.63) is 39.4 Å². The Morgan fingerprint density at radius 1 is 1.44 bits per heavy atom. The van der Waals surface area contributed by atoms with E-state index < -0.39 is 23.3 Å². The first-order valence-electron chi connectivity index (χ1n) is 5.05. The monoisotopic (exact) mass is 252 g/mol. The summed E-state index contributed by atoms with van der Waals surface area (Å²) in [7, 11) is 1.33. The molecule has 7 nitrogen and oxygen atoms in total. The molecule has 0 aliphatic carbocycles. The van der Waals surface area contributed by atoms with Crippen molar-refractivity contribution in [2.24, 2.45) is 0 Å². The highest BCUT2D eigenvalue weighted by atomic mass is 16.6. The number of nitro benzene ring substituents is 1. The second-order valence-corrected chi connectivity index (χ2v) is 3.81. The predicted octanol–water partition coefficient (Wildman–Crippen LogP) is 1.06.